The summed E-state index contributed by atoms with van der Waals surface area (Å²) in [6.45, 7) is 0. The fraction of sp³-hybridized carbons (Fsp3) is 0.222. The molecule has 1 aromatic rings. The zero-order valence-corrected chi connectivity index (χ0v) is 8.44. The Morgan fingerprint density at radius 1 is 1.24 bits per heavy atom. The summed E-state index contributed by atoms with van der Waals surface area (Å²) in [6, 6.07) is -1.50. The second-order valence-corrected chi connectivity index (χ2v) is 3.28. The van der Waals surface area contributed by atoms with Gasteiger partial charge in [0.1, 0.15) is 17.8 Å². The number of carboxylic acid groups (broad SMARTS) is 1. The molecule has 0 bridgehead atoms. The molecule has 2 atom stereocenters. The SMILES string of the molecule is NC(C(=O)O)C(N=O)c1c(O)ccc(O)c1O. The van der Waals surface area contributed by atoms with Crippen LogP contribution in [0, 0.1) is 4.91 Å². The maximum Gasteiger partial charge on any atom is 0.323 e. The van der Waals surface area contributed by atoms with E-state index in [1.54, 1.807) is 0 Å². The Kier molecular flexibility index (Phi) is 3.49. The molecule has 0 spiro atoms. The average Bonchev–Trinajstić information content (AvgIpc) is 2.28. The van der Waals surface area contributed by atoms with Gasteiger partial charge in [-0.1, -0.05) is 5.18 Å². The van der Waals surface area contributed by atoms with Crippen molar-refractivity contribution in [3.05, 3.63) is 22.6 Å². The normalized spacial score (nSPS) is 13.9. The number of aromatic hydroxyl groups is 3. The molecule has 8 heteroatoms. The fourth-order valence-electron chi connectivity index (χ4n) is 1.31. The van der Waals surface area contributed by atoms with E-state index in [0.29, 0.717) is 0 Å². The third-order valence-corrected chi connectivity index (χ3v) is 2.21. The topological polar surface area (TPSA) is 153 Å². The van der Waals surface area contributed by atoms with Crippen LogP contribution in [0.1, 0.15) is 11.6 Å². The van der Waals surface area contributed by atoms with E-state index in [4.69, 9.17) is 10.8 Å². The maximum absolute atomic E-state index is 10.6. The van der Waals surface area contributed by atoms with Crippen LogP contribution in [-0.4, -0.2) is 32.4 Å². The minimum atomic E-state index is -1.74. The van der Waals surface area contributed by atoms with Crippen LogP contribution in [0.15, 0.2) is 17.3 Å². The number of hydrogen-bond donors (Lipinski definition) is 5. The lowest BCUT2D eigenvalue weighted by molar-refractivity contribution is -0.139. The van der Waals surface area contributed by atoms with E-state index in [9.17, 15) is 25.0 Å². The summed E-state index contributed by atoms with van der Waals surface area (Å²) in [5.41, 5.74) is 4.68. The van der Waals surface area contributed by atoms with Crippen molar-refractivity contribution in [2.24, 2.45) is 10.9 Å². The van der Waals surface area contributed by atoms with Gasteiger partial charge in [-0.15, -0.1) is 0 Å². The summed E-state index contributed by atoms with van der Waals surface area (Å²) in [5, 5.41) is 39.2. The van der Waals surface area contributed by atoms with Gasteiger partial charge in [0.15, 0.2) is 11.5 Å². The van der Waals surface area contributed by atoms with Crippen LogP contribution >= 0.6 is 0 Å². The molecule has 6 N–H and O–H groups in total. The minimum Gasteiger partial charge on any atom is -0.507 e. The van der Waals surface area contributed by atoms with E-state index < -0.39 is 40.9 Å². The highest BCUT2D eigenvalue weighted by Gasteiger charge is 2.32. The highest BCUT2D eigenvalue weighted by atomic mass is 16.4. The Labute approximate surface area is 94.9 Å². The van der Waals surface area contributed by atoms with Gasteiger partial charge in [-0.2, -0.15) is 4.91 Å². The Morgan fingerprint density at radius 3 is 2.24 bits per heavy atom. The van der Waals surface area contributed by atoms with Gasteiger partial charge in [0.05, 0.1) is 5.56 Å². The minimum absolute atomic E-state index is 0.519. The molecule has 0 radical (unpaired) electrons. The molecule has 0 aliphatic carbocycles. The second kappa shape index (κ2) is 4.66. The van der Waals surface area contributed by atoms with Gasteiger partial charge in [0.2, 0.25) is 0 Å². The average molecular weight is 242 g/mol. The van der Waals surface area contributed by atoms with Crippen molar-refractivity contribution in [1.29, 1.82) is 0 Å². The standard InChI is InChI=1S/C9H10N2O6/c10-6(9(15)16)7(11-17)5-3(12)1-2-4(13)8(5)14/h1-2,6-7,12-14H,10H2,(H,15,16). The molecule has 1 rings (SSSR count). The fourth-order valence-corrected chi connectivity index (χ4v) is 1.31. The molecule has 8 nitrogen and oxygen atoms in total. The van der Waals surface area contributed by atoms with Crippen LogP contribution in [0.2, 0.25) is 0 Å². The predicted molar refractivity (Wildman–Crippen MR) is 55.6 cm³/mol. The number of rotatable bonds is 4. The number of carbonyl (C=O) groups is 1. The molecule has 0 aliphatic heterocycles. The van der Waals surface area contributed by atoms with E-state index in [1.165, 1.54) is 0 Å². The van der Waals surface area contributed by atoms with Crippen LogP contribution in [0.3, 0.4) is 0 Å². The molecule has 0 aromatic heterocycles. The molecular formula is C9H10N2O6. The zero-order valence-electron chi connectivity index (χ0n) is 8.44. The first-order valence-electron chi connectivity index (χ1n) is 4.44. The molecule has 0 saturated carbocycles. The van der Waals surface area contributed by atoms with Crippen molar-refractivity contribution in [3.8, 4) is 17.2 Å². The second-order valence-electron chi connectivity index (χ2n) is 3.28. The van der Waals surface area contributed by atoms with Crippen molar-refractivity contribution in [1.82, 2.24) is 0 Å². The van der Waals surface area contributed by atoms with E-state index in [2.05, 4.69) is 5.18 Å². The predicted octanol–water partition coefficient (Wildman–Crippen LogP) is 0.0228. The van der Waals surface area contributed by atoms with Gasteiger partial charge >= 0.3 is 5.97 Å². The van der Waals surface area contributed by atoms with Crippen molar-refractivity contribution in [2.75, 3.05) is 0 Å². The van der Waals surface area contributed by atoms with Crippen molar-refractivity contribution >= 4 is 5.97 Å². The molecule has 0 aliphatic rings. The third-order valence-electron chi connectivity index (χ3n) is 2.21. The number of nitroso groups, excluding NO2 is 1. The highest BCUT2D eigenvalue weighted by Crippen LogP contribution is 2.41. The Morgan fingerprint density at radius 2 is 1.76 bits per heavy atom. The first kappa shape index (κ1) is 12.7. The molecule has 0 fully saturated rings. The smallest absolute Gasteiger partial charge is 0.323 e. The molecule has 92 valence electrons. The summed E-state index contributed by atoms with van der Waals surface area (Å²) in [7, 11) is 0. The molecule has 2 unspecified atom stereocenters. The monoisotopic (exact) mass is 242 g/mol. The van der Waals surface area contributed by atoms with Gasteiger partial charge in [0, 0.05) is 0 Å². The van der Waals surface area contributed by atoms with Crippen LogP contribution in [0.5, 0.6) is 17.2 Å². The van der Waals surface area contributed by atoms with Crippen molar-refractivity contribution in [2.45, 2.75) is 12.1 Å². The van der Waals surface area contributed by atoms with E-state index in [1.807, 2.05) is 0 Å². The number of hydrogen-bond acceptors (Lipinski definition) is 7. The molecule has 0 saturated heterocycles. The zero-order chi connectivity index (χ0) is 13.2. The van der Waals surface area contributed by atoms with E-state index >= 15 is 0 Å². The van der Waals surface area contributed by atoms with E-state index in [-0.39, 0.29) is 0 Å². The summed E-state index contributed by atoms with van der Waals surface area (Å²) in [5.74, 6) is -3.56. The quantitative estimate of drug-likeness (QED) is 0.283. The van der Waals surface area contributed by atoms with Crippen molar-refractivity contribution < 1.29 is 25.2 Å². The third kappa shape index (κ3) is 2.26. The molecule has 0 amide bonds. The van der Waals surface area contributed by atoms with Crippen molar-refractivity contribution in [3.63, 3.8) is 0 Å². The summed E-state index contributed by atoms with van der Waals surface area (Å²) >= 11 is 0. The van der Waals surface area contributed by atoms with Crippen LogP contribution < -0.4 is 5.73 Å². The Balaban J connectivity index is 3.34. The van der Waals surface area contributed by atoms with Gasteiger partial charge in [0.25, 0.3) is 0 Å². The lowest BCUT2D eigenvalue weighted by Gasteiger charge is -2.16. The van der Waals surface area contributed by atoms with Crippen LogP contribution in [0.25, 0.3) is 0 Å². The highest BCUT2D eigenvalue weighted by molar-refractivity contribution is 5.75. The lowest BCUT2D eigenvalue weighted by Crippen LogP contribution is -2.35. The van der Waals surface area contributed by atoms with Crippen LogP contribution in [0.4, 0.5) is 0 Å². The molecule has 17 heavy (non-hydrogen) atoms. The summed E-state index contributed by atoms with van der Waals surface area (Å²) in [4.78, 5) is 21.2. The van der Waals surface area contributed by atoms with Gasteiger partial charge < -0.3 is 26.2 Å². The number of nitrogens with two attached hydrogens (primary N) is 1. The molecular weight excluding hydrogens is 232 g/mol. The number of phenolic OH excluding ortho intramolecular Hbond substituents is 3. The van der Waals surface area contributed by atoms with Gasteiger partial charge in [-0.25, -0.2) is 0 Å². The number of benzene rings is 1. The van der Waals surface area contributed by atoms with E-state index in [0.717, 1.165) is 12.1 Å². The number of carboxylic acids is 1. The number of nitrogens with zero attached hydrogens (tertiary/aromatic N) is 1. The first-order chi connectivity index (χ1) is 7.90. The number of aliphatic carboxylic acids is 1. The summed E-state index contributed by atoms with van der Waals surface area (Å²) < 4.78 is 0. The van der Waals surface area contributed by atoms with Gasteiger partial charge in [-0.3, -0.25) is 4.79 Å². The molecule has 0 heterocycles. The Hall–Kier alpha value is -2.35. The van der Waals surface area contributed by atoms with Gasteiger partial charge in [-0.05, 0) is 12.1 Å². The lowest BCUT2D eigenvalue weighted by atomic mass is 9.98. The maximum atomic E-state index is 10.6. The summed E-state index contributed by atoms with van der Waals surface area (Å²) in [6.07, 6.45) is 0. The van der Waals surface area contributed by atoms with Crippen LogP contribution in [-0.2, 0) is 4.79 Å². The first-order valence-corrected chi connectivity index (χ1v) is 4.44. The molecule has 1 aromatic carbocycles. The number of phenols is 3. The Bertz CT molecular complexity index is 461. The largest absolute Gasteiger partial charge is 0.507 e.